The second kappa shape index (κ2) is 6.65. The van der Waals surface area contributed by atoms with Crippen molar-refractivity contribution in [2.24, 2.45) is 0 Å². The summed E-state index contributed by atoms with van der Waals surface area (Å²) >= 11 is 0. The Labute approximate surface area is 161 Å². The molecule has 28 heavy (non-hydrogen) atoms. The second-order valence-corrected chi connectivity index (χ2v) is 7.24. The molecule has 0 saturated carbocycles. The van der Waals surface area contributed by atoms with E-state index in [0.717, 1.165) is 17.7 Å². The third kappa shape index (κ3) is 3.25. The summed E-state index contributed by atoms with van der Waals surface area (Å²) < 4.78 is 52.5. The molecule has 0 radical (unpaired) electrons. The molecule has 148 valence electrons. The number of alkyl halides is 3. The Kier molecular flexibility index (Phi) is 4.73. The van der Waals surface area contributed by atoms with Crippen LogP contribution in [0.25, 0.3) is 0 Å². The molecule has 0 bridgehead atoms. The van der Waals surface area contributed by atoms with E-state index in [4.69, 9.17) is 5.41 Å². The molecule has 1 aliphatic heterocycles. The molecule has 7 heteroatoms. The summed E-state index contributed by atoms with van der Waals surface area (Å²) in [7, 11) is 1.67. The van der Waals surface area contributed by atoms with Crippen molar-refractivity contribution < 1.29 is 17.6 Å². The number of hydrogen-bond donors (Lipinski definition) is 2. The molecule has 2 aromatic carbocycles. The topological polar surface area (TPSA) is 39.1 Å². The number of guanidine groups is 1. The molecule has 0 spiro atoms. The van der Waals surface area contributed by atoms with E-state index in [9.17, 15) is 17.6 Å². The summed E-state index contributed by atoms with van der Waals surface area (Å²) in [6, 6.07) is 9.32. The molecular formula is C21H21F4N3. The highest BCUT2D eigenvalue weighted by Crippen LogP contribution is 2.46. The van der Waals surface area contributed by atoms with Crippen molar-refractivity contribution >= 4 is 5.96 Å². The van der Waals surface area contributed by atoms with E-state index >= 15 is 0 Å². The Morgan fingerprint density at radius 3 is 2.29 bits per heavy atom. The highest BCUT2D eigenvalue weighted by Gasteiger charge is 2.46. The predicted molar refractivity (Wildman–Crippen MR) is 100 cm³/mol. The lowest BCUT2D eigenvalue weighted by Gasteiger charge is -2.49. The minimum Gasteiger partial charge on any atom is -0.346 e. The number of benzene rings is 2. The van der Waals surface area contributed by atoms with Gasteiger partial charge in [-0.15, -0.1) is 0 Å². The van der Waals surface area contributed by atoms with Gasteiger partial charge in [0.2, 0.25) is 0 Å². The minimum absolute atomic E-state index is 0.111. The average molecular weight is 391 g/mol. The van der Waals surface area contributed by atoms with Crippen molar-refractivity contribution in [3.63, 3.8) is 0 Å². The quantitative estimate of drug-likeness (QED) is 0.696. The number of nitrogens with one attached hydrogen (secondary N) is 2. The Bertz CT molecular complexity index is 934. The van der Waals surface area contributed by atoms with E-state index < -0.39 is 23.2 Å². The lowest BCUT2D eigenvalue weighted by Crippen LogP contribution is -2.58. The first-order valence-corrected chi connectivity index (χ1v) is 8.68. The molecule has 3 rings (SSSR count). The molecule has 1 heterocycles. The van der Waals surface area contributed by atoms with Crippen molar-refractivity contribution in [2.75, 3.05) is 7.05 Å². The predicted octanol–water partition coefficient (Wildman–Crippen LogP) is 5.14. The van der Waals surface area contributed by atoms with Gasteiger partial charge in [0.25, 0.3) is 0 Å². The smallest absolute Gasteiger partial charge is 0.346 e. The third-order valence-corrected chi connectivity index (χ3v) is 5.37. The van der Waals surface area contributed by atoms with Gasteiger partial charge in [-0.05, 0) is 54.8 Å². The zero-order valence-corrected chi connectivity index (χ0v) is 15.8. The lowest BCUT2D eigenvalue weighted by atomic mass is 9.71. The zero-order valence-electron chi connectivity index (χ0n) is 15.8. The molecular weight excluding hydrogens is 370 g/mol. The number of aryl methyl sites for hydroxylation is 1. The van der Waals surface area contributed by atoms with Crippen molar-refractivity contribution in [2.45, 2.75) is 31.5 Å². The Balaban J connectivity index is 2.16. The summed E-state index contributed by atoms with van der Waals surface area (Å²) in [6.07, 6.45) is -4.42. The van der Waals surface area contributed by atoms with Crippen molar-refractivity contribution in [1.82, 2.24) is 10.2 Å². The van der Waals surface area contributed by atoms with Gasteiger partial charge in [-0.25, -0.2) is 4.39 Å². The average Bonchev–Trinajstić information content (AvgIpc) is 2.59. The van der Waals surface area contributed by atoms with Crippen LogP contribution >= 0.6 is 0 Å². The first kappa shape index (κ1) is 19.9. The molecule has 0 aliphatic carbocycles. The largest absolute Gasteiger partial charge is 0.416 e. The Morgan fingerprint density at radius 1 is 1.14 bits per heavy atom. The monoisotopic (exact) mass is 391 g/mol. The van der Waals surface area contributed by atoms with Crippen LogP contribution in [0.3, 0.4) is 0 Å². The molecule has 3 nitrogen and oxygen atoms in total. The molecule has 2 N–H and O–H groups in total. The standard InChI is InChI=1S/C21H21F4N3/c1-12-11-16(22)9-10-17(12)20(3)18(13(2)28(4)19(26)27-20)14-5-7-15(8-6-14)21(23,24)25/h5-11,18H,2H2,1,3-4H3,(H2,26,27)/t18-,20+/m0/s1. The normalized spacial score (nSPS) is 23.0. The maximum absolute atomic E-state index is 13.6. The summed E-state index contributed by atoms with van der Waals surface area (Å²) in [5, 5.41) is 11.4. The molecule has 0 aromatic heterocycles. The summed E-state index contributed by atoms with van der Waals surface area (Å²) in [5.74, 6) is -0.727. The van der Waals surface area contributed by atoms with E-state index in [-0.39, 0.29) is 11.8 Å². The molecule has 1 saturated heterocycles. The first-order valence-electron chi connectivity index (χ1n) is 8.68. The fourth-order valence-electron chi connectivity index (χ4n) is 3.90. The highest BCUT2D eigenvalue weighted by atomic mass is 19.4. The number of rotatable bonds is 2. The van der Waals surface area contributed by atoms with Crippen LogP contribution in [-0.2, 0) is 11.7 Å². The van der Waals surface area contributed by atoms with Gasteiger partial charge in [0.1, 0.15) is 5.82 Å². The zero-order chi connectivity index (χ0) is 20.9. The molecule has 1 fully saturated rings. The van der Waals surface area contributed by atoms with Crippen molar-refractivity contribution in [3.05, 3.63) is 82.8 Å². The van der Waals surface area contributed by atoms with E-state index in [0.29, 0.717) is 16.8 Å². The van der Waals surface area contributed by atoms with Crippen LogP contribution in [0.15, 0.2) is 54.7 Å². The Morgan fingerprint density at radius 2 is 1.75 bits per heavy atom. The molecule has 0 unspecified atom stereocenters. The van der Waals surface area contributed by atoms with Gasteiger partial charge in [0.15, 0.2) is 5.96 Å². The molecule has 2 atom stereocenters. The van der Waals surface area contributed by atoms with Gasteiger partial charge in [-0.1, -0.05) is 24.8 Å². The van der Waals surface area contributed by atoms with Crippen LogP contribution in [0.2, 0.25) is 0 Å². The lowest BCUT2D eigenvalue weighted by molar-refractivity contribution is -0.137. The van der Waals surface area contributed by atoms with Crippen LogP contribution < -0.4 is 5.32 Å². The summed E-state index contributed by atoms with van der Waals surface area (Å²) in [5.41, 5.74) is 0.991. The first-order chi connectivity index (χ1) is 12.9. The van der Waals surface area contributed by atoms with Crippen LogP contribution in [0, 0.1) is 18.2 Å². The number of likely N-dealkylation sites (N-methyl/N-ethyl adjacent to an activating group) is 1. The molecule has 2 aromatic rings. The van der Waals surface area contributed by atoms with E-state index in [1.54, 1.807) is 24.9 Å². The second-order valence-electron chi connectivity index (χ2n) is 7.24. The SMILES string of the molecule is C=C1[C@@H](c2ccc(C(F)(F)F)cc2)[C@@](C)(c2ccc(F)cc2C)NC(=N)N1C. The van der Waals surface area contributed by atoms with Crippen LogP contribution in [0.5, 0.6) is 0 Å². The number of nitrogens with zero attached hydrogens (tertiary/aromatic N) is 1. The molecule has 0 amide bonds. The fraction of sp³-hybridized carbons (Fsp3) is 0.286. The van der Waals surface area contributed by atoms with E-state index in [1.165, 1.54) is 24.3 Å². The third-order valence-electron chi connectivity index (χ3n) is 5.37. The van der Waals surface area contributed by atoms with Crippen molar-refractivity contribution in [3.8, 4) is 0 Å². The number of halogens is 4. The Hall–Kier alpha value is -2.83. The van der Waals surface area contributed by atoms with Crippen LogP contribution in [0.1, 0.15) is 35.1 Å². The maximum Gasteiger partial charge on any atom is 0.416 e. The van der Waals surface area contributed by atoms with Crippen LogP contribution in [-0.4, -0.2) is 17.9 Å². The summed E-state index contributed by atoms with van der Waals surface area (Å²) in [4.78, 5) is 1.56. The minimum atomic E-state index is -4.42. The van der Waals surface area contributed by atoms with Crippen molar-refractivity contribution in [1.29, 1.82) is 5.41 Å². The summed E-state index contributed by atoms with van der Waals surface area (Å²) in [6.45, 7) is 7.70. The van der Waals surface area contributed by atoms with Gasteiger partial charge >= 0.3 is 6.18 Å². The van der Waals surface area contributed by atoms with Gasteiger partial charge in [-0.3, -0.25) is 5.41 Å². The van der Waals surface area contributed by atoms with Gasteiger partial charge in [0, 0.05) is 12.7 Å². The van der Waals surface area contributed by atoms with Gasteiger partial charge in [0.05, 0.1) is 17.0 Å². The van der Waals surface area contributed by atoms with E-state index in [1.807, 2.05) is 6.92 Å². The maximum atomic E-state index is 13.6. The van der Waals surface area contributed by atoms with E-state index in [2.05, 4.69) is 11.9 Å². The highest BCUT2D eigenvalue weighted by molar-refractivity contribution is 5.82. The van der Waals surface area contributed by atoms with Crippen LogP contribution in [0.4, 0.5) is 17.6 Å². The number of hydrogen-bond acceptors (Lipinski definition) is 1. The molecule has 1 aliphatic rings. The van der Waals surface area contributed by atoms with Gasteiger partial charge in [-0.2, -0.15) is 13.2 Å². The van der Waals surface area contributed by atoms with Gasteiger partial charge < -0.3 is 10.2 Å². The fourth-order valence-corrected chi connectivity index (χ4v) is 3.90.